The van der Waals surface area contributed by atoms with Crippen LogP contribution >= 0.6 is 0 Å². The Morgan fingerprint density at radius 3 is 2.34 bits per heavy atom. The van der Waals surface area contributed by atoms with Crippen LogP contribution in [0.1, 0.15) is 64.0 Å². The predicted molar refractivity (Wildman–Crippen MR) is 122 cm³/mol. The average molecular weight is 441 g/mol. The molecular formula is C25H36N4O3. The van der Waals surface area contributed by atoms with Gasteiger partial charge >= 0.3 is 0 Å². The molecular weight excluding hydrogens is 404 g/mol. The molecule has 4 rings (SSSR count). The van der Waals surface area contributed by atoms with E-state index < -0.39 is 10.8 Å². The van der Waals surface area contributed by atoms with E-state index in [-0.39, 0.29) is 23.6 Å². The number of hydrogen-bond acceptors (Lipinski definition) is 4. The van der Waals surface area contributed by atoms with Gasteiger partial charge in [0.1, 0.15) is 5.41 Å². The van der Waals surface area contributed by atoms with Gasteiger partial charge in [-0.3, -0.25) is 19.4 Å². The van der Waals surface area contributed by atoms with Crippen molar-refractivity contribution in [3.63, 3.8) is 0 Å². The molecule has 7 heteroatoms. The lowest BCUT2D eigenvalue weighted by atomic mass is 9.73. The number of carbonyl (C=O) groups excluding carboxylic acids is 3. The van der Waals surface area contributed by atoms with E-state index in [0.29, 0.717) is 45.4 Å². The average Bonchev–Trinajstić information content (AvgIpc) is 3.38. The van der Waals surface area contributed by atoms with Gasteiger partial charge in [-0.25, -0.2) is 0 Å². The summed E-state index contributed by atoms with van der Waals surface area (Å²) in [7, 11) is 1.65. The van der Waals surface area contributed by atoms with E-state index in [1.807, 2.05) is 34.9 Å². The number of rotatable bonds is 4. The molecule has 1 aliphatic carbocycles. The highest BCUT2D eigenvalue weighted by Crippen LogP contribution is 2.39. The summed E-state index contributed by atoms with van der Waals surface area (Å²) in [6.07, 6.45) is 8.82. The van der Waals surface area contributed by atoms with Crippen LogP contribution in [0.25, 0.3) is 0 Å². The third kappa shape index (κ3) is 4.14. The van der Waals surface area contributed by atoms with E-state index in [1.165, 1.54) is 0 Å². The van der Waals surface area contributed by atoms with E-state index in [0.717, 1.165) is 37.8 Å². The number of amides is 3. The van der Waals surface area contributed by atoms with Crippen molar-refractivity contribution < 1.29 is 14.4 Å². The number of pyridine rings is 1. The molecule has 0 unspecified atom stereocenters. The normalized spacial score (nSPS) is 26.1. The molecule has 32 heavy (non-hydrogen) atoms. The lowest BCUT2D eigenvalue weighted by Gasteiger charge is -2.46. The van der Waals surface area contributed by atoms with Crippen LogP contribution in [-0.2, 0) is 19.8 Å². The van der Waals surface area contributed by atoms with E-state index in [1.54, 1.807) is 13.2 Å². The molecule has 3 fully saturated rings. The van der Waals surface area contributed by atoms with Crippen LogP contribution in [0.15, 0.2) is 24.4 Å². The number of aromatic nitrogens is 1. The van der Waals surface area contributed by atoms with E-state index in [2.05, 4.69) is 10.3 Å². The number of hydrogen-bond donors (Lipinski definition) is 1. The quantitative estimate of drug-likeness (QED) is 0.780. The van der Waals surface area contributed by atoms with Crippen molar-refractivity contribution in [2.24, 2.45) is 11.3 Å². The highest BCUT2D eigenvalue weighted by molar-refractivity contribution is 5.90. The summed E-state index contributed by atoms with van der Waals surface area (Å²) < 4.78 is 0. The van der Waals surface area contributed by atoms with Gasteiger partial charge in [0.15, 0.2) is 0 Å². The first-order chi connectivity index (χ1) is 15.4. The third-order valence-corrected chi connectivity index (χ3v) is 8.00. The monoisotopic (exact) mass is 440 g/mol. The number of likely N-dealkylation sites (N-methyl/N-ethyl adjacent to an activating group) is 1. The third-order valence-electron chi connectivity index (χ3n) is 8.00. The summed E-state index contributed by atoms with van der Waals surface area (Å²) in [6.45, 7) is 4.33. The second kappa shape index (κ2) is 9.20. The van der Waals surface area contributed by atoms with Crippen molar-refractivity contribution in [3.05, 3.63) is 30.1 Å². The van der Waals surface area contributed by atoms with Crippen LogP contribution in [0.4, 0.5) is 0 Å². The van der Waals surface area contributed by atoms with Crippen molar-refractivity contribution in [3.8, 4) is 0 Å². The van der Waals surface area contributed by atoms with E-state index >= 15 is 0 Å². The molecule has 3 aliphatic rings. The summed E-state index contributed by atoms with van der Waals surface area (Å²) in [4.78, 5) is 47.9. The van der Waals surface area contributed by atoms with Gasteiger partial charge in [0.25, 0.3) is 0 Å². The maximum Gasteiger partial charge on any atom is 0.233 e. The highest BCUT2D eigenvalue weighted by Gasteiger charge is 2.49. The molecule has 0 bridgehead atoms. The van der Waals surface area contributed by atoms with Gasteiger partial charge in [-0.05, 0) is 50.7 Å². The van der Waals surface area contributed by atoms with Crippen molar-refractivity contribution in [2.75, 3.05) is 33.2 Å². The minimum absolute atomic E-state index is 0.0872. The van der Waals surface area contributed by atoms with Crippen LogP contribution in [0.2, 0.25) is 0 Å². The first kappa shape index (κ1) is 22.7. The number of carbonyl (C=O) groups is 3. The zero-order valence-electron chi connectivity index (χ0n) is 19.4. The molecule has 174 valence electrons. The Kier molecular flexibility index (Phi) is 6.54. The summed E-state index contributed by atoms with van der Waals surface area (Å²) in [5.41, 5.74) is -0.596. The molecule has 0 radical (unpaired) electrons. The number of nitrogens with one attached hydrogen (secondary N) is 1. The maximum atomic E-state index is 13.7. The van der Waals surface area contributed by atoms with E-state index in [9.17, 15) is 14.4 Å². The van der Waals surface area contributed by atoms with Crippen LogP contribution in [0, 0.1) is 11.3 Å². The molecule has 7 nitrogen and oxygen atoms in total. The van der Waals surface area contributed by atoms with Crippen LogP contribution in [-0.4, -0.2) is 65.7 Å². The molecule has 1 aromatic rings. The standard InChI is InChI=1S/C25H36N4O3/c1-24(12-16-28(17-13-24)21(30)19-8-3-4-9-19)23(32)29-15-7-11-25(18-29,22(31)26-2)20-10-5-6-14-27-20/h5-6,10,14,19H,3-4,7-9,11-13,15-18H2,1-2H3,(H,26,31)/t25-/m1/s1. The molecule has 1 atom stereocenters. The minimum atomic E-state index is -0.820. The van der Waals surface area contributed by atoms with Crippen molar-refractivity contribution >= 4 is 17.7 Å². The molecule has 1 aromatic heterocycles. The van der Waals surface area contributed by atoms with Gasteiger partial charge in [-0.1, -0.05) is 25.8 Å². The van der Waals surface area contributed by atoms with Gasteiger partial charge in [0.05, 0.1) is 5.69 Å². The van der Waals surface area contributed by atoms with Crippen LogP contribution < -0.4 is 5.32 Å². The Morgan fingerprint density at radius 2 is 1.72 bits per heavy atom. The van der Waals surface area contributed by atoms with Gasteiger partial charge in [-0.2, -0.15) is 0 Å². The molecule has 0 aromatic carbocycles. The lowest BCUT2D eigenvalue weighted by Crippen LogP contribution is -2.59. The lowest BCUT2D eigenvalue weighted by molar-refractivity contribution is -0.151. The van der Waals surface area contributed by atoms with Crippen molar-refractivity contribution in [1.29, 1.82) is 0 Å². The molecule has 2 aliphatic heterocycles. The SMILES string of the molecule is CNC(=O)[C@]1(c2ccccn2)CCCN(C(=O)C2(C)CCN(C(=O)C3CCCC3)CC2)C1. The molecule has 3 heterocycles. The minimum Gasteiger partial charge on any atom is -0.358 e. The highest BCUT2D eigenvalue weighted by atomic mass is 16.2. The Hall–Kier alpha value is -2.44. The summed E-state index contributed by atoms with van der Waals surface area (Å²) in [5.74, 6) is 0.484. The Morgan fingerprint density at radius 1 is 1.00 bits per heavy atom. The van der Waals surface area contributed by atoms with Crippen molar-refractivity contribution in [1.82, 2.24) is 20.1 Å². The topological polar surface area (TPSA) is 82.6 Å². The van der Waals surface area contributed by atoms with E-state index in [4.69, 9.17) is 0 Å². The van der Waals surface area contributed by atoms with Crippen LogP contribution in [0.5, 0.6) is 0 Å². The molecule has 1 saturated carbocycles. The Bertz CT molecular complexity index is 844. The fourth-order valence-corrected chi connectivity index (χ4v) is 5.87. The largest absolute Gasteiger partial charge is 0.358 e. The number of piperidine rings is 2. The maximum absolute atomic E-state index is 13.7. The zero-order valence-corrected chi connectivity index (χ0v) is 19.4. The first-order valence-corrected chi connectivity index (χ1v) is 12.1. The first-order valence-electron chi connectivity index (χ1n) is 12.1. The molecule has 2 saturated heterocycles. The summed E-state index contributed by atoms with van der Waals surface area (Å²) in [5, 5.41) is 2.81. The molecule has 0 spiro atoms. The Balaban J connectivity index is 1.47. The zero-order chi connectivity index (χ0) is 22.8. The van der Waals surface area contributed by atoms with Crippen molar-refractivity contribution in [2.45, 2.75) is 63.7 Å². The van der Waals surface area contributed by atoms with Gasteiger partial charge in [0, 0.05) is 50.8 Å². The van der Waals surface area contributed by atoms with Gasteiger partial charge in [0.2, 0.25) is 17.7 Å². The summed E-state index contributed by atoms with van der Waals surface area (Å²) >= 11 is 0. The van der Waals surface area contributed by atoms with Crippen LogP contribution in [0.3, 0.4) is 0 Å². The smallest absolute Gasteiger partial charge is 0.233 e. The predicted octanol–water partition coefficient (Wildman–Crippen LogP) is 2.51. The number of likely N-dealkylation sites (tertiary alicyclic amines) is 2. The second-order valence-electron chi connectivity index (χ2n) is 10.1. The van der Waals surface area contributed by atoms with Gasteiger partial charge < -0.3 is 15.1 Å². The second-order valence-corrected chi connectivity index (χ2v) is 10.1. The van der Waals surface area contributed by atoms with Gasteiger partial charge in [-0.15, -0.1) is 0 Å². The fourth-order valence-electron chi connectivity index (χ4n) is 5.87. The fraction of sp³-hybridized carbons (Fsp3) is 0.680. The molecule has 3 amide bonds. The molecule has 1 N–H and O–H groups in total. The summed E-state index contributed by atoms with van der Waals surface area (Å²) in [6, 6.07) is 5.62. The Labute approximate surface area is 190 Å². The number of nitrogens with zero attached hydrogens (tertiary/aromatic N) is 3.